The molecule has 7 heteroatoms. The molecule has 0 fully saturated rings. The molecule has 7 nitrogen and oxygen atoms in total. The van der Waals surface area contributed by atoms with E-state index in [4.69, 9.17) is 0 Å². The number of rotatable bonds is 5. The van der Waals surface area contributed by atoms with Crippen LogP contribution in [0.25, 0.3) is 0 Å². The number of aromatic nitrogens is 1. The molecule has 16 heavy (non-hydrogen) atoms. The lowest BCUT2D eigenvalue weighted by atomic mass is 10.3. The Balaban J connectivity index is 2.56. The van der Waals surface area contributed by atoms with Gasteiger partial charge in [-0.1, -0.05) is 6.92 Å². The zero-order chi connectivity index (χ0) is 12.1. The third-order valence-electron chi connectivity index (χ3n) is 2.09. The van der Waals surface area contributed by atoms with Gasteiger partial charge >= 0.3 is 0 Å². The summed E-state index contributed by atoms with van der Waals surface area (Å²) in [5, 5.41) is 22.0. The largest absolute Gasteiger partial charge is 0.391 e. The third kappa shape index (κ3) is 3.06. The van der Waals surface area contributed by atoms with Crippen LogP contribution >= 0.6 is 0 Å². The van der Waals surface area contributed by atoms with Gasteiger partial charge in [0.2, 0.25) is 0 Å². The Morgan fingerprint density at radius 2 is 2.44 bits per heavy atom. The molecule has 0 spiro atoms. The molecule has 1 atom stereocenters. The first-order valence-corrected chi connectivity index (χ1v) is 4.83. The molecule has 0 radical (unpaired) electrons. The Bertz CT molecular complexity index is 388. The molecule has 0 saturated heterocycles. The van der Waals surface area contributed by atoms with E-state index in [1.165, 1.54) is 0 Å². The first-order chi connectivity index (χ1) is 7.54. The monoisotopic (exact) mass is 227 g/mol. The summed E-state index contributed by atoms with van der Waals surface area (Å²) in [4.78, 5) is 23.7. The van der Waals surface area contributed by atoms with Crippen molar-refractivity contribution < 1.29 is 14.8 Å². The molecule has 1 amide bonds. The minimum absolute atomic E-state index is 0.106. The third-order valence-corrected chi connectivity index (χ3v) is 2.09. The molecule has 0 aliphatic rings. The highest BCUT2D eigenvalue weighted by molar-refractivity contribution is 5.93. The van der Waals surface area contributed by atoms with Gasteiger partial charge in [0.15, 0.2) is 0 Å². The van der Waals surface area contributed by atoms with Crippen molar-refractivity contribution in [2.24, 2.45) is 0 Å². The maximum absolute atomic E-state index is 11.4. The first kappa shape index (κ1) is 12.2. The molecular formula is C9H13N3O4. The molecular weight excluding hydrogens is 214 g/mol. The molecule has 0 aliphatic carbocycles. The number of hydrogen-bond acceptors (Lipinski definition) is 4. The van der Waals surface area contributed by atoms with Crippen LogP contribution in [0, 0.1) is 10.1 Å². The second kappa shape index (κ2) is 5.26. The summed E-state index contributed by atoms with van der Waals surface area (Å²) in [6.45, 7) is 1.92. The molecule has 0 bridgehead atoms. The molecule has 3 N–H and O–H groups in total. The lowest BCUT2D eigenvalue weighted by Crippen LogP contribution is -2.31. The Hall–Kier alpha value is -1.89. The van der Waals surface area contributed by atoms with Crippen LogP contribution in [-0.4, -0.2) is 33.6 Å². The van der Waals surface area contributed by atoms with Crippen molar-refractivity contribution in [1.29, 1.82) is 0 Å². The second-order valence-corrected chi connectivity index (χ2v) is 3.30. The van der Waals surface area contributed by atoms with Gasteiger partial charge in [-0.15, -0.1) is 0 Å². The predicted molar refractivity (Wildman–Crippen MR) is 56.1 cm³/mol. The number of aliphatic hydroxyl groups excluding tert-OH is 1. The molecule has 1 aromatic heterocycles. The van der Waals surface area contributed by atoms with Gasteiger partial charge in [-0.05, 0) is 6.42 Å². The van der Waals surface area contributed by atoms with Gasteiger partial charge in [0, 0.05) is 12.6 Å². The summed E-state index contributed by atoms with van der Waals surface area (Å²) in [5.41, 5.74) is -0.0591. The van der Waals surface area contributed by atoms with E-state index < -0.39 is 16.9 Å². The molecule has 1 heterocycles. The van der Waals surface area contributed by atoms with E-state index in [2.05, 4.69) is 10.3 Å². The molecule has 0 aliphatic heterocycles. The number of H-pyrrole nitrogens is 1. The van der Waals surface area contributed by atoms with Crippen LogP contribution in [-0.2, 0) is 0 Å². The van der Waals surface area contributed by atoms with Gasteiger partial charge in [0.1, 0.15) is 5.69 Å². The zero-order valence-electron chi connectivity index (χ0n) is 8.77. The topological polar surface area (TPSA) is 108 Å². The maximum Gasteiger partial charge on any atom is 0.287 e. The summed E-state index contributed by atoms with van der Waals surface area (Å²) >= 11 is 0. The number of nitro groups is 1. The summed E-state index contributed by atoms with van der Waals surface area (Å²) in [6, 6.07) is 1.15. The lowest BCUT2D eigenvalue weighted by molar-refractivity contribution is -0.384. The van der Waals surface area contributed by atoms with Crippen molar-refractivity contribution in [3.05, 3.63) is 28.1 Å². The van der Waals surface area contributed by atoms with Crippen LogP contribution in [0.1, 0.15) is 23.8 Å². The fraction of sp³-hybridized carbons (Fsp3) is 0.444. The molecule has 88 valence electrons. The van der Waals surface area contributed by atoms with Gasteiger partial charge < -0.3 is 15.4 Å². The highest BCUT2D eigenvalue weighted by Crippen LogP contribution is 2.11. The quantitative estimate of drug-likeness (QED) is 0.500. The fourth-order valence-electron chi connectivity index (χ4n) is 1.07. The minimum Gasteiger partial charge on any atom is -0.391 e. The van der Waals surface area contributed by atoms with Gasteiger partial charge in [0.05, 0.1) is 17.2 Å². The molecule has 1 aromatic rings. The van der Waals surface area contributed by atoms with E-state index in [0.717, 1.165) is 12.3 Å². The number of aromatic amines is 1. The van der Waals surface area contributed by atoms with Crippen molar-refractivity contribution in [3.63, 3.8) is 0 Å². The van der Waals surface area contributed by atoms with E-state index in [0.29, 0.717) is 6.42 Å². The van der Waals surface area contributed by atoms with Crippen LogP contribution in [0.2, 0.25) is 0 Å². The number of amides is 1. The van der Waals surface area contributed by atoms with Crippen molar-refractivity contribution >= 4 is 11.6 Å². The highest BCUT2D eigenvalue weighted by atomic mass is 16.6. The Labute approximate surface area is 91.6 Å². The normalized spacial score (nSPS) is 12.1. The highest BCUT2D eigenvalue weighted by Gasteiger charge is 2.14. The smallest absolute Gasteiger partial charge is 0.287 e. The number of nitrogens with one attached hydrogen (secondary N) is 2. The average molecular weight is 227 g/mol. The van der Waals surface area contributed by atoms with Crippen LogP contribution in [0.3, 0.4) is 0 Å². The number of carbonyl (C=O) groups excluding carboxylic acids is 1. The van der Waals surface area contributed by atoms with Crippen molar-refractivity contribution in [1.82, 2.24) is 10.3 Å². The van der Waals surface area contributed by atoms with Gasteiger partial charge in [-0.2, -0.15) is 0 Å². The maximum atomic E-state index is 11.4. The van der Waals surface area contributed by atoms with Gasteiger partial charge in [-0.3, -0.25) is 14.9 Å². The van der Waals surface area contributed by atoms with Crippen molar-refractivity contribution in [2.75, 3.05) is 6.54 Å². The number of hydrogen-bond donors (Lipinski definition) is 3. The van der Waals surface area contributed by atoms with Crippen LogP contribution < -0.4 is 5.32 Å². The van der Waals surface area contributed by atoms with Crippen LogP contribution in [0.15, 0.2) is 12.3 Å². The molecule has 0 aromatic carbocycles. The summed E-state index contributed by atoms with van der Waals surface area (Å²) in [7, 11) is 0. The number of nitrogens with zero attached hydrogens (tertiary/aromatic N) is 1. The molecule has 0 saturated carbocycles. The van der Waals surface area contributed by atoms with Crippen LogP contribution in [0.4, 0.5) is 5.69 Å². The van der Waals surface area contributed by atoms with Crippen molar-refractivity contribution in [3.8, 4) is 0 Å². The first-order valence-electron chi connectivity index (χ1n) is 4.83. The Morgan fingerprint density at radius 3 is 2.94 bits per heavy atom. The second-order valence-electron chi connectivity index (χ2n) is 3.30. The summed E-state index contributed by atoms with van der Waals surface area (Å²) in [6.07, 6.45) is 1.07. The van der Waals surface area contributed by atoms with Crippen molar-refractivity contribution in [2.45, 2.75) is 19.4 Å². The molecule has 1 unspecified atom stereocenters. The molecule has 1 rings (SSSR count). The van der Waals surface area contributed by atoms with Gasteiger partial charge in [-0.25, -0.2) is 0 Å². The van der Waals surface area contributed by atoms with Crippen LogP contribution in [0.5, 0.6) is 0 Å². The fourth-order valence-corrected chi connectivity index (χ4v) is 1.07. The van der Waals surface area contributed by atoms with E-state index >= 15 is 0 Å². The van der Waals surface area contributed by atoms with E-state index in [-0.39, 0.29) is 17.9 Å². The van der Waals surface area contributed by atoms with E-state index in [1.54, 1.807) is 6.92 Å². The standard InChI is InChI=1S/C9H13N3O4/c1-2-7(13)5-11-9(14)8-3-6(4-10-8)12(15)16/h3-4,7,10,13H,2,5H2,1H3,(H,11,14). The van der Waals surface area contributed by atoms with E-state index in [1.807, 2.05) is 0 Å². The summed E-state index contributed by atoms with van der Waals surface area (Å²) in [5.74, 6) is -0.472. The minimum atomic E-state index is -0.603. The predicted octanol–water partition coefficient (Wildman–Crippen LogP) is 0.424. The van der Waals surface area contributed by atoms with E-state index in [9.17, 15) is 20.0 Å². The van der Waals surface area contributed by atoms with Gasteiger partial charge in [0.25, 0.3) is 11.6 Å². The lowest BCUT2D eigenvalue weighted by Gasteiger charge is -2.07. The average Bonchev–Trinajstić information content (AvgIpc) is 2.74. The Morgan fingerprint density at radius 1 is 1.75 bits per heavy atom. The summed E-state index contributed by atoms with van der Waals surface area (Å²) < 4.78 is 0. The SMILES string of the molecule is CCC(O)CNC(=O)c1cc([N+](=O)[O-])c[nH]1. The number of aliphatic hydroxyl groups is 1. The number of carbonyl (C=O) groups is 1. The Kier molecular flexibility index (Phi) is 4.01. The zero-order valence-corrected chi connectivity index (χ0v) is 8.77.